The maximum absolute atomic E-state index is 13.4. The number of ether oxygens (including phenoxy) is 1. The molecular formula is C37H41Cl2N7O3. The van der Waals surface area contributed by atoms with Crippen molar-refractivity contribution in [3.8, 4) is 28.3 Å². The summed E-state index contributed by atoms with van der Waals surface area (Å²) >= 11 is 14.0. The molecule has 0 spiro atoms. The number of hydrogen-bond acceptors (Lipinski definition) is 7. The van der Waals surface area contributed by atoms with Crippen molar-refractivity contribution < 1.29 is 14.3 Å². The number of halogens is 2. The number of fused-ring (bicyclic) bond motifs is 3. The van der Waals surface area contributed by atoms with Crippen molar-refractivity contribution in [2.75, 3.05) is 39.1 Å². The molecule has 2 amide bonds. The highest BCUT2D eigenvalue weighted by Crippen LogP contribution is 2.42. The van der Waals surface area contributed by atoms with Gasteiger partial charge in [-0.05, 0) is 25.6 Å². The third-order valence-electron chi connectivity index (χ3n) is 10.1. The summed E-state index contributed by atoms with van der Waals surface area (Å²) in [5, 5.41) is 3.84. The third kappa shape index (κ3) is 6.20. The van der Waals surface area contributed by atoms with Crippen LogP contribution in [-0.2, 0) is 31.4 Å². The number of methoxy groups -OCH3 is 1. The Kier molecular flexibility index (Phi) is 9.17. The van der Waals surface area contributed by atoms with E-state index in [-0.39, 0.29) is 17.7 Å². The number of pyridine rings is 1. The van der Waals surface area contributed by atoms with Gasteiger partial charge in [0.2, 0.25) is 11.8 Å². The Labute approximate surface area is 297 Å². The van der Waals surface area contributed by atoms with E-state index in [4.69, 9.17) is 32.9 Å². The zero-order valence-corrected chi connectivity index (χ0v) is 30.0. The van der Waals surface area contributed by atoms with Crippen LogP contribution in [0.3, 0.4) is 0 Å². The second-order valence-electron chi connectivity index (χ2n) is 13.6. The molecule has 49 heavy (non-hydrogen) atoms. The molecule has 1 N–H and O–H groups in total. The first-order chi connectivity index (χ1) is 23.5. The minimum Gasteiger partial charge on any atom is -0.481 e. The van der Waals surface area contributed by atoms with E-state index in [1.165, 1.54) is 0 Å². The molecule has 0 aliphatic carbocycles. The number of carbonyl (C=O) groups is 2. The Morgan fingerprint density at radius 1 is 0.959 bits per heavy atom. The smallest absolute Gasteiger partial charge is 0.291 e. The number of anilines is 1. The molecule has 2 aromatic carbocycles. The molecule has 7 rings (SSSR count). The minimum atomic E-state index is -0.321. The number of aromatic nitrogens is 3. The van der Waals surface area contributed by atoms with Crippen molar-refractivity contribution >= 4 is 40.7 Å². The second kappa shape index (κ2) is 13.4. The number of likely N-dealkylation sites (tertiary alicyclic amines) is 2. The lowest BCUT2D eigenvalue weighted by Crippen LogP contribution is -2.69. The predicted molar refractivity (Wildman–Crippen MR) is 192 cm³/mol. The summed E-state index contributed by atoms with van der Waals surface area (Å²) in [4.78, 5) is 42.2. The molecule has 2 fully saturated rings. The summed E-state index contributed by atoms with van der Waals surface area (Å²) in [6.07, 6.45) is 1.95. The minimum absolute atomic E-state index is 0.0131. The fourth-order valence-electron chi connectivity index (χ4n) is 7.42. The fourth-order valence-corrected chi connectivity index (χ4v) is 8.02. The summed E-state index contributed by atoms with van der Waals surface area (Å²) in [5.41, 5.74) is 6.29. The van der Waals surface area contributed by atoms with E-state index < -0.39 is 0 Å². The normalized spacial score (nSPS) is 19.1. The zero-order chi connectivity index (χ0) is 34.6. The Balaban J connectivity index is 1.10. The number of rotatable bonds is 8. The Bertz CT molecular complexity index is 1930. The molecule has 0 saturated carbocycles. The predicted octanol–water partition coefficient (Wildman–Crippen LogP) is 6.15. The number of imidazole rings is 1. The average Bonchev–Trinajstić information content (AvgIpc) is 3.43. The highest BCUT2D eigenvalue weighted by molar-refractivity contribution is 6.39. The monoisotopic (exact) mass is 701 g/mol. The van der Waals surface area contributed by atoms with Gasteiger partial charge < -0.3 is 24.4 Å². The standard InChI is InChI=1S/C37H41Cl2N7O3/c1-21(2)37(48)45-18-23-16-24(19-45)46(23)17-22-12-13-28(42-36(22)49-5)27-10-6-8-25(32(27)38)26-9-7-11-29(33(26)39)41-35(47)34-40-30-20-43(3)15-14-31(30)44(34)4/h6-13,21,23-24H,14-20H2,1-5H3,(H,41,47). The quantitative estimate of drug-likeness (QED) is 0.236. The van der Waals surface area contributed by atoms with E-state index in [9.17, 15) is 9.59 Å². The van der Waals surface area contributed by atoms with Gasteiger partial charge in [0, 0.05) is 92.1 Å². The van der Waals surface area contributed by atoms with Crippen LogP contribution in [0.2, 0.25) is 10.0 Å². The van der Waals surface area contributed by atoms with Crippen LogP contribution in [0.25, 0.3) is 22.4 Å². The van der Waals surface area contributed by atoms with Crippen LogP contribution in [-0.4, -0.2) is 86.9 Å². The molecule has 12 heteroatoms. The first-order valence-corrected chi connectivity index (χ1v) is 17.5. The molecule has 0 radical (unpaired) electrons. The van der Waals surface area contributed by atoms with Crippen molar-refractivity contribution in [1.29, 1.82) is 0 Å². The Hall–Kier alpha value is -3.96. The van der Waals surface area contributed by atoms with Crippen LogP contribution in [0.1, 0.15) is 47.8 Å². The maximum Gasteiger partial charge on any atom is 0.291 e. The van der Waals surface area contributed by atoms with Crippen LogP contribution in [0.15, 0.2) is 48.5 Å². The SMILES string of the molecule is COc1nc(-c2cccc(-c3cccc(NC(=O)c4nc5c(n4C)CCN(C)C5)c3Cl)c2Cl)ccc1CN1C2CC1CN(C(=O)C(C)C)C2. The van der Waals surface area contributed by atoms with E-state index in [0.717, 1.165) is 60.6 Å². The lowest BCUT2D eigenvalue weighted by molar-refractivity contribution is -0.147. The van der Waals surface area contributed by atoms with Crippen LogP contribution in [0.5, 0.6) is 5.88 Å². The molecule has 5 heterocycles. The van der Waals surface area contributed by atoms with Gasteiger partial charge in [0.05, 0.1) is 34.2 Å². The number of piperazine rings is 1. The first-order valence-electron chi connectivity index (χ1n) is 16.7. The number of nitrogens with one attached hydrogen (secondary N) is 1. The molecule has 4 aromatic rings. The second-order valence-corrected chi connectivity index (χ2v) is 14.4. The van der Waals surface area contributed by atoms with Gasteiger partial charge in [0.25, 0.3) is 5.91 Å². The molecule has 2 bridgehead atoms. The molecule has 256 valence electrons. The molecule has 2 unspecified atom stereocenters. The van der Waals surface area contributed by atoms with Crippen LogP contribution >= 0.6 is 23.2 Å². The van der Waals surface area contributed by atoms with Gasteiger partial charge in [-0.2, -0.15) is 0 Å². The molecular weight excluding hydrogens is 661 g/mol. The summed E-state index contributed by atoms with van der Waals surface area (Å²) in [5.74, 6) is 0.818. The summed E-state index contributed by atoms with van der Waals surface area (Å²) in [7, 11) is 5.56. The Morgan fingerprint density at radius 2 is 1.65 bits per heavy atom. The van der Waals surface area contributed by atoms with Crippen LogP contribution < -0.4 is 10.1 Å². The molecule has 10 nitrogen and oxygen atoms in total. The number of benzene rings is 2. The van der Waals surface area contributed by atoms with Gasteiger partial charge in [-0.3, -0.25) is 14.5 Å². The fraction of sp³-hybridized carbons (Fsp3) is 0.405. The number of amides is 2. The highest BCUT2D eigenvalue weighted by atomic mass is 35.5. The van der Waals surface area contributed by atoms with Crippen molar-refractivity contribution in [2.45, 2.75) is 51.9 Å². The van der Waals surface area contributed by atoms with E-state index in [1.54, 1.807) is 13.2 Å². The van der Waals surface area contributed by atoms with Crippen molar-refractivity contribution in [2.24, 2.45) is 13.0 Å². The first kappa shape index (κ1) is 33.5. The summed E-state index contributed by atoms with van der Waals surface area (Å²) < 4.78 is 7.65. The van der Waals surface area contributed by atoms with E-state index in [0.29, 0.717) is 63.9 Å². The van der Waals surface area contributed by atoms with Gasteiger partial charge in [-0.15, -0.1) is 0 Å². The third-order valence-corrected chi connectivity index (χ3v) is 10.9. The molecule has 2 saturated heterocycles. The van der Waals surface area contributed by atoms with E-state index >= 15 is 0 Å². The number of piperidine rings is 1. The lowest BCUT2D eigenvalue weighted by atomic mass is 9.86. The Morgan fingerprint density at radius 3 is 2.37 bits per heavy atom. The molecule has 2 aromatic heterocycles. The van der Waals surface area contributed by atoms with Crippen molar-refractivity contribution in [3.63, 3.8) is 0 Å². The number of likely N-dealkylation sites (N-methyl/N-ethyl adjacent to an activating group) is 1. The van der Waals surface area contributed by atoms with E-state index in [1.807, 2.05) is 72.8 Å². The maximum atomic E-state index is 13.4. The van der Waals surface area contributed by atoms with Gasteiger partial charge in [0.15, 0.2) is 5.82 Å². The zero-order valence-electron chi connectivity index (χ0n) is 28.5. The lowest BCUT2D eigenvalue weighted by Gasteiger charge is -2.56. The van der Waals surface area contributed by atoms with Gasteiger partial charge in [0.1, 0.15) is 0 Å². The topological polar surface area (TPSA) is 95.8 Å². The molecule has 3 aliphatic heterocycles. The van der Waals surface area contributed by atoms with Crippen LogP contribution in [0.4, 0.5) is 5.69 Å². The van der Waals surface area contributed by atoms with Crippen LogP contribution in [0, 0.1) is 5.92 Å². The van der Waals surface area contributed by atoms with Gasteiger partial charge >= 0.3 is 0 Å². The summed E-state index contributed by atoms with van der Waals surface area (Å²) in [6, 6.07) is 16.0. The number of carbonyl (C=O) groups excluding carboxylic acids is 2. The molecule has 3 aliphatic rings. The highest BCUT2D eigenvalue weighted by Gasteiger charge is 2.46. The van der Waals surface area contributed by atoms with Gasteiger partial charge in [-0.1, -0.05) is 73.4 Å². The number of hydrogen-bond donors (Lipinski definition) is 1. The average molecular weight is 703 g/mol. The number of nitrogens with zero attached hydrogens (tertiary/aromatic N) is 6. The van der Waals surface area contributed by atoms with Gasteiger partial charge in [-0.25, -0.2) is 9.97 Å². The van der Waals surface area contributed by atoms with Crippen molar-refractivity contribution in [1.82, 2.24) is 29.2 Å². The summed E-state index contributed by atoms with van der Waals surface area (Å²) in [6.45, 7) is 7.79. The largest absolute Gasteiger partial charge is 0.481 e. The van der Waals surface area contributed by atoms with E-state index in [2.05, 4.69) is 27.1 Å². The molecule has 2 atom stereocenters. The van der Waals surface area contributed by atoms with Crippen molar-refractivity contribution in [3.05, 3.63) is 81.4 Å².